The quantitative estimate of drug-likeness (QED) is 0.547. The van der Waals surface area contributed by atoms with E-state index in [0.717, 1.165) is 0 Å². The number of cyclic esters (lactones) is 4. The lowest BCUT2D eigenvalue weighted by Gasteiger charge is -2.22. The van der Waals surface area contributed by atoms with Crippen LogP contribution < -0.4 is 0 Å². The smallest absolute Gasteiger partial charge is 0.348 e. The summed E-state index contributed by atoms with van der Waals surface area (Å²) < 4.78 is 9.21. The Balaban J connectivity index is 2.33. The summed E-state index contributed by atoms with van der Waals surface area (Å²) >= 11 is 6.01. The van der Waals surface area contributed by atoms with E-state index in [-0.39, 0.29) is 38.0 Å². The van der Waals surface area contributed by atoms with E-state index in [1.165, 1.54) is 18.2 Å². The SMILES string of the molecule is O=C1OC(=O)c2cc(Cl)c3c4c(ccc1c24)C(=O)OC3=O. The number of ether oxygens (including phenoxy) is 2. The molecule has 0 fully saturated rings. The zero-order valence-corrected chi connectivity index (χ0v) is 10.8. The third-order valence-corrected chi connectivity index (χ3v) is 3.77. The summed E-state index contributed by atoms with van der Waals surface area (Å²) in [5.74, 6) is -3.46. The maximum atomic E-state index is 11.9. The molecule has 0 aliphatic carbocycles. The summed E-state index contributed by atoms with van der Waals surface area (Å²) in [6.07, 6.45) is 0. The standard InChI is InChI=1S/C14H3ClO6/c15-7-3-6-8-4(11(16)20-13(6)18)1-2-5-9(8)10(7)14(19)21-12(5)17/h1-3H. The first kappa shape index (κ1) is 12.0. The minimum absolute atomic E-state index is 0.0330. The normalized spacial score (nSPS) is 16.0. The van der Waals surface area contributed by atoms with Gasteiger partial charge in [-0.25, -0.2) is 19.2 Å². The highest BCUT2D eigenvalue weighted by molar-refractivity contribution is 6.39. The molecule has 2 aromatic rings. The van der Waals surface area contributed by atoms with Gasteiger partial charge in [0.1, 0.15) is 0 Å². The molecule has 0 bridgehead atoms. The van der Waals surface area contributed by atoms with E-state index >= 15 is 0 Å². The lowest BCUT2D eigenvalue weighted by molar-refractivity contribution is 0.0366. The first-order valence-electron chi connectivity index (χ1n) is 5.81. The molecule has 2 aliphatic rings. The van der Waals surface area contributed by atoms with E-state index in [0.29, 0.717) is 0 Å². The van der Waals surface area contributed by atoms with Crippen molar-refractivity contribution in [2.24, 2.45) is 0 Å². The number of carbonyl (C=O) groups is 4. The predicted molar refractivity (Wildman–Crippen MR) is 68.5 cm³/mol. The second-order valence-corrected chi connectivity index (χ2v) is 4.95. The average Bonchev–Trinajstić information content (AvgIpc) is 2.42. The molecule has 102 valence electrons. The second kappa shape index (κ2) is 3.67. The topological polar surface area (TPSA) is 86.7 Å². The van der Waals surface area contributed by atoms with Crippen LogP contribution in [0, 0.1) is 0 Å². The molecule has 2 heterocycles. The van der Waals surface area contributed by atoms with E-state index in [1.54, 1.807) is 0 Å². The van der Waals surface area contributed by atoms with Gasteiger partial charge in [-0.15, -0.1) is 0 Å². The van der Waals surface area contributed by atoms with Gasteiger partial charge < -0.3 is 9.47 Å². The Morgan fingerprint density at radius 3 is 1.90 bits per heavy atom. The van der Waals surface area contributed by atoms with Gasteiger partial charge in [0.25, 0.3) is 0 Å². The fourth-order valence-corrected chi connectivity index (χ4v) is 2.90. The molecule has 0 N–H and O–H groups in total. The van der Waals surface area contributed by atoms with Crippen LogP contribution >= 0.6 is 11.6 Å². The van der Waals surface area contributed by atoms with Crippen molar-refractivity contribution in [3.05, 3.63) is 45.5 Å². The number of benzene rings is 2. The molecular weight excluding hydrogens is 300 g/mol. The van der Waals surface area contributed by atoms with E-state index in [9.17, 15) is 19.2 Å². The van der Waals surface area contributed by atoms with Gasteiger partial charge in [0.15, 0.2) is 0 Å². The Labute approximate surface area is 121 Å². The third-order valence-electron chi connectivity index (χ3n) is 3.47. The summed E-state index contributed by atoms with van der Waals surface area (Å²) in [6.45, 7) is 0. The molecule has 0 unspecified atom stereocenters. The Morgan fingerprint density at radius 1 is 0.714 bits per heavy atom. The van der Waals surface area contributed by atoms with Crippen LogP contribution in [-0.4, -0.2) is 23.9 Å². The van der Waals surface area contributed by atoms with Crippen LogP contribution in [0.25, 0.3) is 10.8 Å². The largest absolute Gasteiger partial charge is 0.386 e. The second-order valence-electron chi connectivity index (χ2n) is 4.55. The van der Waals surface area contributed by atoms with Crippen molar-refractivity contribution in [1.82, 2.24) is 0 Å². The van der Waals surface area contributed by atoms with Gasteiger partial charge in [-0.2, -0.15) is 0 Å². The van der Waals surface area contributed by atoms with Crippen molar-refractivity contribution < 1.29 is 28.7 Å². The number of rotatable bonds is 0. The molecule has 0 atom stereocenters. The first-order chi connectivity index (χ1) is 9.99. The molecule has 2 aliphatic heterocycles. The van der Waals surface area contributed by atoms with Crippen molar-refractivity contribution in [1.29, 1.82) is 0 Å². The summed E-state index contributed by atoms with van der Waals surface area (Å²) in [7, 11) is 0. The van der Waals surface area contributed by atoms with Crippen LogP contribution in [0.2, 0.25) is 5.02 Å². The Morgan fingerprint density at radius 2 is 1.24 bits per heavy atom. The van der Waals surface area contributed by atoms with Gasteiger partial charge in [-0.05, 0) is 18.2 Å². The molecule has 21 heavy (non-hydrogen) atoms. The summed E-state index contributed by atoms with van der Waals surface area (Å²) in [6, 6.07) is 3.93. The van der Waals surface area contributed by atoms with Crippen LogP contribution in [0.4, 0.5) is 0 Å². The number of hydrogen-bond donors (Lipinski definition) is 0. The molecule has 0 amide bonds. The maximum absolute atomic E-state index is 11.9. The number of halogens is 1. The zero-order chi connectivity index (χ0) is 14.9. The molecule has 0 saturated carbocycles. The van der Waals surface area contributed by atoms with Crippen molar-refractivity contribution >= 4 is 46.3 Å². The van der Waals surface area contributed by atoms with E-state index in [4.69, 9.17) is 11.6 Å². The molecule has 0 saturated heterocycles. The fraction of sp³-hybridized carbons (Fsp3) is 0. The Hall–Kier alpha value is -2.73. The Kier molecular flexibility index (Phi) is 2.11. The number of carbonyl (C=O) groups excluding carboxylic acids is 4. The molecular formula is C14H3ClO6. The van der Waals surface area contributed by atoms with Crippen LogP contribution in [0.5, 0.6) is 0 Å². The summed E-state index contributed by atoms with van der Waals surface area (Å²) in [5.41, 5.74) is 0.186. The van der Waals surface area contributed by atoms with Gasteiger partial charge in [-0.1, -0.05) is 11.6 Å². The minimum Gasteiger partial charge on any atom is -0.386 e. The molecule has 4 rings (SSSR count). The van der Waals surface area contributed by atoms with Crippen LogP contribution in [0.1, 0.15) is 41.4 Å². The molecule has 7 heteroatoms. The highest BCUT2D eigenvalue weighted by atomic mass is 35.5. The number of esters is 4. The third kappa shape index (κ3) is 1.37. The zero-order valence-electron chi connectivity index (χ0n) is 10.1. The lowest BCUT2D eigenvalue weighted by atomic mass is 9.89. The number of hydrogen-bond acceptors (Lipinski definition) is 6. The van der Waals surface area contributed by atoms with Crippen molar-refractivity contribution in [3.63, 3.8) is 0 Å². The van der Waals surface area contributed by atoms with E-state index in [2.05, 4.69) is 9.47 Å². The van der Waals surface area contributed by atoms with Crippen LogP contribution in [0.3, 0.4) is 0 Å². The van der Waals surface area contributed by atoms with Gasteiger partial charge in [0.2, 0.25) is 0 Å². The lowest BCUT2D eigenvalue weighted by Crippen LogP contribution is -2.25. The molecule has 0 spiro atoms. The van der Waals surface area contributed by atoms with Gasteiger partial charge in [-0.3, -0.25) is 0 Å². The van der Waals surface area contributed by atoms with Crippen LogP contribution in [-0.2, 0) is 9.47 Å². The first-order valence-corrected chi connectivity index (χ1v) is 6.19. The van der Waals surface area contributed by atoms with Crippen LogP contribution in [0.15, 0.2) is 18.2 Å². The van der Waals surface area contributed by atoms with Gasteiger partial charge >= 0.3 is 23.9 Å². The molecule has 0 aromatic heterocycles. The van der Waals surface area contributed by atoms with E-state index < -0.39 is 23.9 Å². The highest BCUT2D eigenvalue weighted by Gasteiger charge is 2.36. The van der Waals surface area contributed by atoms with Crippen molar-refractivity contribution in [2.45, 2.75) is 0 Å². The van der Waals surface area contributed by atoms with E-state index in [1.807, 2.05) is 0 Å². The molecule has 0 radical (unpaired) electrons. The van der Waals surface area contributed by atoms with Crippen molar-refractivity contribution in [2.75, 3.05) is 0 Å². The summed E-state index contributed by atoms with van der Waals surface area (Å²) in [5, 5.41) is 0.305. The average molecular weight is 303 g/mol. The monoisotopic (exact) mass is 302 g/mol. The predicted octanol–water partition coefficient (Wildman–Crippen LogP) is 2.11. The van der Waals surface area contributed by atoms with Gasteiger partial charge in [0.05, 0.1) is 27.3 Å². The summed E-state index contributed by atoms with van der Waals surface area (Å²) in [4.78, 5) is 47.3. The van der Waals surface area contributed by atoms with Crippen molar-refractivity contribution in [3.8, 4) is 0 Å². The Bertz CT molecular complexity index is 927. The van der Waals surface area contributed by atoms with Gasteiger partial charge in [0, 0.05) is 10.8 Å². The molecule has 6 nitrogen and oxygen atoms in total. The minimum atomic E-state index is -0.910. The molecule has 2 aromatic carbocycles. The fourth-order valence-electron chi connectivity index (χ4n) is 2.62. The maximum Gasteiger partial charge on any atom is 0.348 e. The highest BCUT2D eigenvalue weighted by Crippen LogP contribution is 2.39.